The molecule has 0 saturated carbocycles. The third-order valence-electron chi connectivity index (χ3n) is 5.33. The molecule has 1 aliphatic heterocycles. The third-order valence-corrected chi connectivity index (χ3v) is 6.03. The van der Waals surface area contributed by atoms with E-state index in [-0.39, 0.29) is 28.7 Å². The number of nitrogens with zero attached hydrogens (tertiary/aromatic N) is 2. The number of ether oxygens (including phenoxy) is 1. The summed E-state index contributed by atoms with van der Waals surface area (Å²) in [6.45, 7) is 1.91. The van der Waals surface area contributed by atoms with Crippen molar-refractivity contribution in [3.05, 3.63) is 77.7 Å². The predicted molar refractivity (Wildman–Crippen MR) is 125 cm³/mol. The Morgan fingerprint density at radius 1 is 1.13 bits per heavy atom. The van der Waals surface area contributed by atoms with Crippen LogP contribution in [0.4, 0.5) is 5.69 Å². The van der Waals surface area contributed by atoms with Crippen LogP contribution in [0.5, 0.6) is 0 Å². The van der Waals surface area contributed by atoms with Crippen LogP contribution in [-0.2, 0) is 20.4 Å². The van der Waals surface area contributed by atoms with Crippen molar-refractivity contribution in [3.63, 3.8) is 0 Å². The minimum Gasteiger partial charge on any atom is -0.469 e. The van der Waals surface area contributed by atoms with Crippen LogP contribution < -0.4 is 5.01 Å². The molecule has 0 fully saturated rings. The van der Waals surface area contributed by atoms with Gasteiger partial charge < -0.3 is 9.84 Å². The monoisotopic (exact) mass is 425 g/mol. The largest absolute Gasteiger partial charge is 0.469 e. The van der Waals surface area contributed by atoms with Crippen molar-refractivity contribution >= 4 is 28.3 Å². The highest BCUT2D eigenvalue weighted by Crippen LogP contribution is 2.41. The van der Waals surface area contributed by atoms with E-state index in [1.165, 1.54) is 7.11 Å². The molecule has 30 heavy (non-hydrogen) atoms. The molecule has 0 aromatic heterocycles. The fourth-order valence-electron chi connectivity index (χ4n) is 3.94. The van der Waals surface area contributed by atoms with E-state index in [1.807, 2.05) is 79.1 Å². The smallest absolute Gasteiger partial charge is 0.313 e. The first-order valence-corrected chi connectivity index (χ1v) is 12.0. The summed E-state index contributed by atoms with van der Waals surface area (Å²) >= 11 is 0. The first-order chi connectivity index (χ1) is 14.4. The maximum Gasteiger partial charge on any atom is 0.313 e. The summed E-state index contributed by atoms with van der Waals surface area (Å²) in [5.74, 6) is -1.53. The van der Waals surface area contributed by atoms with Crippen molar-refractivity contribution in [3.8, 4) is 0 Å². The molecule has 0 radical (unpaired) electrons. The van der Waals surface area contributed by atoms with Crippen LogP contribution in [0.15, 0.2) is 77.2 Å². The van der Waals surface area contributed by atoms with Crippen molar-refractivity contribution < 1.29 is 14.6 Å². The average Bonchev–Trinajstić information content (AvgIpc) is 3.05. The van der Waals surface area contributed by atoms with Crippen LogP contribution in [0, 0.1) is 11.8 Å². The second-order valence-corrected chi connectivity index (χ2v) is 9.59. The zero-order chi connectivity index (χ0) is 21.7. The minimum absolute atomic E-state index is 0.0252. The number of methoxy groups -OCH3 is 1. The van der Waals surface area contributed by atoms with Crippen molar-refractivity contribution in [1.29, 1.82) is 0 Å². The Hall–Kier alpha value is -2.57. The van der Waals surface area contributed by atoms with E-state index in [1.54, 1.807) is 5.01 Å². The molecule has 6 heteroatoms. The SMILES string of the molecule is COC(=O)C(/C=C/[S+](C)C)C(c1ccccc1)C1C(C)=NN(c2ccccc2)C1O. The Kier molecular flexibility index (Phi) is 7.34. The van der Waals surface area contributed by atoms with E-state index < -0.39 is 12.1 Å². The molecule has 0 spiro atoms. The number of rotatable bonds is 7. The van der Waals surface area contributed by atoms with Gasteiger partial charge in [-0.3, -0.25) is 4.79 Å². The molecule has 1 heterocycles. The van der Waals surface area contributed by atoms with Gasteiger partial charge in [0.1, 0.15) is 17.9 Å². The molecule has 3 rings (SSSR count). The van der Waals surface area contributed by atoms with E-state index in [4.69, 9.17) is 4.74 Å². The molecule has 158 valence electrons. The lowest BCUT2D eigenvalue weighted by Gasteiger charge is -2.32. The Labute approximate surface area is 181 Å². The van der Waals surface area contributed by atoms with Crippen molar-refractivity contribution in [2.24, 2.45) is 16.9 Å². The van der Waals surface area contributed by atoms with E-state index in [0.29, 0.717) is 0 Å². The van der Waals surface area contributed by atoms with E-state index >= 15 is 0 Å². The third kappa shape index (κ3) is 4.77. The van der Waals surface area contributed by atoms with Gasteiger partial charge in [-0.2, -0.15) is 5.10 Å². The van der Waals surface area contributed by atoms with Gasteiger partial charge in [0, 0.05) is 22.5 Å². The number of aliphatic hydroxyl groups is 1. The highest BCUT2D eigenvalue weighted by atomic mass is 32.2. The highest BCUT2D eigenvalue weighted by molar-refractivity contribution is 7.98. The molecular weight excluding hydrogens is 396 g/mol. The number of hydrogen-bond donors (Lipinski definition) is 1. The van der Waals surface area contributed by atoms with Gasteiger partial charge in [-0.15, -0.1) is 0 Å². The van der Waals surface area contributed by atoms with Gasteiger partial charge >= 0.3 is 5.97 Å². The van der Waals surface area contributed by atoms with Gasteiger partial charge in [0.15, 0.2) is 6.23 Å². The summed E-state index contributed by atoms with van der Waals surface area (Å²) in [6, 6.07) is 19.4. The number of anilines is 1. The zero-order valence-electron chi connectivity index (χ0n) is 17.8. The standard InChI is InChI=1S/C24H29N2O3S/c1-17-21(23(27)26(25-17)19-13-9-6-10-14-19)22(18-11-7-5-8-12-18)20(24(28)29-2)15-16-30(3)4/h5-16,20-23,27H,1-4H3/q+1/b16-15+. The van der Waals surface area contributed by atoms with E-state index in [0.717, 1.165) is 17.0 Å². The summed E-state index contributed by atoms with van der Waals surface area (Å²) in [6.07, 6.45) is 5.23. The zero-order valence-corrected chi connectivity index (χ0v) is 18.6. The first kappa shape index (κ1) is 22.1. The molecule has 5 nitrogen and oxygen atoms in total. The van der Waals surface area contributed by atoms with Crippen molar-refractivity contribution in [1.82, 2.24) is 0 Å². The van der Waals surface area contributed by atoms with Crippen LogP contribution in [0.2, 0.25) is 0 Å². The second kappa shape index (κ2) is 9.96. The van der Waals surface area contributed by atoms with Gasteiger partial charge in [0.05, 0.1) is 24.6 Å². The highest BCUT2D eigenvalue weighted by Gasteiger charge is 2.45. The molecule has 2 aromatic rings. The summed E-state index contributed by atoms with van der Waals surface area (Å²) in [5, 5.41) is 19.7. The Morgan fingerprint density at radius 3 is 2.30 bits per heavy atom. The lowest BCUT2D eigenvalue weighted by atomic mass is 9.74. The average molecular weight is 426 g/mol. The molecule has 0 saturated heterocycles. The molecule has 4 atom stereocenters. The second-order valence-electron chi connectivity index (χ2n) is 7.55. The Bertz CT molecular complexity index is 899. The molecular formula is C24H29N2O3S+. The number of carbonyl (C=O) groups excluding carboxylic acids is 1. The molecule has 0 amide bonds. The summed E-state index contributed by atoms with van der Waals surface area (Å²) in [5.41, 5.74) is 2.57. The first-order valence-electron chi connectivity index (χ1n) is 9.89. The van der Waals surface area contributed by atoms with E-state index in [2.05, 4.69) is 17.6 Å². The van der Waals surface area contributed by atoms with Gasteiger partial charge in [0.2, 0.25) is 0 Å². The lowest BCUT2D eigenvalue weighted by Crippen LogP contribution is -2.40. The molecule has 4 unspecified atom stereocenters. The van der Waals surface area contributed by atoms with Crippen LogP contribution in [0.3, 0.4) is 0 Å². The molecule has 2 aromatic carbocycles. The van der Waals surface area contributed by atoms with Gasteiger partial charge in [-0.25, -0.2) is 5.01 Å². The van der Waals surface area contributed by atoms with Crippen molar-refractivity contribution in [2.75, 3.05) is 24.6 Å². The number of benzene rings is 2. The normalized spacial score (nSPS) is 21.0. The maximum atomic E-state index is 12.9. The van der Waals surface area contributed by atoms with Crippen LogP contribution in [0.1, 0.15) is 18.4 Å². The fraction of sp³-hybridized carbons (Fsp3) is 0.333. The van der Waals surface area contributed by atoms with Gasteiger partial charge in [0.25, 0.3) is 0 Å². The lowest BCUT2D eigenvalue weighted by molar-refractivity contribution is -0.144. The Morgan fingerprint density at radius 2 is 1.73 bits per heavy atom. The quantitative estimate of drug-likeness (QED) is 0.542. The summed E-state index contributed by atoms with van der Waals surface area (Å²) in [7, 11) is 1.43. The number of esters is 1. The number of hydrazone groups is 1. The number of para-hydroxylation sites is 1. The predicted octanol–water partition coefficient (Wildman–Crippen LogP) is 3.78. The number of hydrogen-bond acceptors (Lipinski definition) is 5. The number of aliphatic hydroxyl groups excluding tert-OH is 1. The van der Waals surface area contributed by atoms with Gasteiger partial charge in [-0.05, 0) is 30.7 Å². The van der Waals surface area contributed by atoms with Crippen molar-refractivity contribution in [2.45, 2.75) is 19.1 Å². The van der Waals surface area contributed by atoms with Gasteiger partial charge in [-0.1, -0.05) is 48.5 Å². The van der Waals surface area contributed by atoms with E-state index in [9.17, 15) is 9.90 Å². The molecule has 0 aliphatic carbocycles. The van der Waals surface area contributed by atoms with Crippen LogP contribution in [0.25, 0.3) is 0 Å². The topological polar surface area (TPSA) is 62.1 Å². The molecule has 0 bridgehead atoms. The maximum absolute atomic E-state index is 12.9. The fourth-order valence-corrected chi connectivity index (χ4v) is 4.42. The molecule has 1 aliphatic rings. The summed E-state index contributed by atoms with van der Waals surface area (Å²) in [4.78, 5) is 12.9. The minimum atomic E-state index is -0.889. The molecule has 1 N–H and O–H groups in total. The van der Waals surface area contributed by atoms with Crippen LogP contribution in [-0.4, -0.2) is 42.6 Å². The van der Waals surface area contributed by atoms with Crippen LogP contribution >= 0.6 is 0 Å². The summed E-state index contributed by atoms with van der Waals surface area (Å²) < 4.78 is 5.17. The number of carbonyl (C=O) groups is 1. The Balaban J connectivity index is 2.06.